The van der Waals surface area contributed by atoms with Crippen molar-refractivity contribution < 1.29 is 12.3 Å². The molecular weight excluding hydrogens is 243 g/mol. The van der Waals surface area contributed by atoms with Gasteiger partial charge in [0.15, 0.2) is 0 Å². The van der Waals surface area contributed by atoms with Crippen molar-refractivity contribution in [3.05, 3.63) is 48.3 Å². The molecule has 0 saturated heterocycles. The van der Waals surface area contributed by atoms with Gasteiger partial charge in [0.05, 0.1) is 17.6 Å². The number of hydrogen-bond acceptors (Lipinski definition) is 3. The normalized spacial score (nSPS) is 11.6. The maximum atomic E-state index is 12.3. The van der Waals surface area contributed by atoms with Crippen LogP contribution in [0, 0.1) is 0 Å². The summed E-state index contributed by atoms with van der Waals surface area (Å²) in [5, 5.41) is 4.09. The number of para-hydroxylation sites is 1. The highest BCUT2D eigenvalue weighted by atomic mass is 32.3. The SMILES string of the molecule is O=S(=O)(F)CCc1cnn(-c2ccccc2)c1. The van der Waals surface area contributed by atoms with Crippen molar-refractivity contribution in [1.29, 1.82) is 0 Å². The maximum absolute atomic E-state index is 12.3. The molecule has 0 amide bonds. The van der Waals surface area contributed by atoms with E-state index in [1.165, 1.54) is 6.20 Å². The van der Waals surface area contributed by atoms with E-state index in [0.717, 1.165) is 5.69 Å². The number of hydrogen-bond donors (Lipinski definition) is 0. The van der Waals surface area contributed by atoms with Gasteiger partial charge >= 0.3 is 10.2 Å². The summed E-state index contributed by atoms with van der Waals surface area (Å²) in [6, 6.07) is 9.40. The van der Waals surface area contributed by atoms with Crippen LogP contribution in [0.4, 0.5) is 3.89 Å². The molecule has 6 heteroatoms. The molecule has 0 bridgehead atoms. The van der Waals surface area contributed by atoms with Gasteiger partial charge in [-0.05, 0) is 24.1 Å². The predicted molar refractivity (Wildman–Crippen MR) is 62.2 cm³/mol. The largest absolute Gasteiger partial charge is 0.302 e. The number of benzene rings is 1. The van der Waals surface area contributed by atoms with Gasteiger partial charge in [0.25, 0.3) is 0 Å². The molecule has 0 aliphatic rings. The zero-order chi connectivity index (χ0) is 12.3. The lowest BCUT2D eigenvalue weighted by atomic mass is 10.3. The Hall–Kier alpha value is -1.69. The van der Waals surface area contributed by atoms with Crippen LogP contribution >= 0.6 is 0 Å². The molecule has 90 valence electrons. The van der Waals surface area contributed by atoms with Crippen molar-refractivity contribution in [3.63, 3.8) is 0 Å². The molecular formula is C11H11FN2O2S. The highest BCUT2D eigenvalue weighted by molar-refractivity contribution is 7.86. The Morgan fingerprint density at radius 3 is 2.59 bits per heavy atom. The summed E-state index contributed by atoms with van der Waals surface area (Å²) in [7, 11) is -4.41. The van der Waals surface area contributed by atoms with Gasteiger partial charge in [-0.2, -0.15) is 13.5 Å². The van der Waals surface area contributed by atoms with Crippen LogP contribution in [0.1, 0.15) is 5.56 Å². The standard InChI is InChI=1S/C11H11FN2O2S/c12-17(15,16)7-6-10-8-13-14(9-10)11-4-2-1-3-5-11/h1-5,8-9H,6-7H2. The molecule has 0 saturated carbocycles. The zero-order valence-electron chi connectivity index (χ0n) is 8.95. The zero-order valence-corrected chi connectivity index (χ0v) is 9.77. The molecule has 0 N–H and O–H groups in total. The van der Waals surface area contributed by atoms with E-state index in [-0.39, 0.29) is 6.42 Å². The topological polar surface area (TPSA) is 52.0 Å². The first-order valence-electron chi connectivity index (χ1n) is 5.06. The molecule has 0 radical (unpaired) electrons. The van der Waals surface area contributed by atoms with Gasteiger partial charge in [-0.25, -0.2) is 4.68 Å². The molecule has 1 aromatic heterocycles. The quantitative estimate of drug-likeness (QED) is 0.780. The Kier molecular flexibility index (Phi) is 3.23. The summed E-state index contributed by atoms with van der Waals surface area (Å²) in [5.41, 5.74) is 1.57. The van der Waals surface area contributed by atoms with Crippen LogP contribution < -0.4 is 0 Å². The third-order valence-electron chi connectivity index (χ3n) is 2.29. The summed E-state index contributed by atoms with van der Waals surface area (Å²) in [4.78, 5) is 0. The molecule has 1 heterocycles. The van der Waals surface area contributed by atoms with Crippen LogP contribution in [0.5, 0.6) is 0 Å². The van der Waals surface area contributed by atoms with Crippen molar-refractivity contribution in [2.24, 2.45) is 0 Å². The van der Waals surface area contributed by atoms with Gasteiger partial charge in [0.2, 0.25) is 0 Å². The van der Waals surface area contributed by atoms with Gasteiger partial charge in [-0.15, -0.1) is 3.89 Å². The first-order chi connectivity index (χ1) is 8.04. The molecule has 2 rings (SSSR count). The average Bonchev–Trinajstić information content (AvgIpc) is 2.75. The fraction of sp³-hybridized carbons (Fsp3) is 0.182. The molecule has 1 aromatic carbocycles. The molecule has 0 atom stereocenters. The highest BCUT2D eigenvalue weighted by Gasteiger charge is 2.08. The minimum absolute atomic E-state index is 0.131. The molecule has 2 aromatic rings. The Bertz CT molecular complexity index is 593. The highest BCUT2D eigenvalue weighted by Crippen LogP contribution is 2.09. The van der Waals surface area contributed by atoms with Crippen LogP contribution in [-0.4, -0.2) is 24.0 Å². The number of halogens is 1. The first-order valence-corrected chi connectivity index (χ1v) is 6.61. The fourth-order valence-corrected chi connectivity index (χ4v) is 1.93. The number of aryl methyl sites for hydroxylation is 1. The minimum atomic E-state index is -4.41. The Balaban J connectivity index is 2.12. The summed E-state index contributed by atoms with van der Waals surface area (Å²) in [6.07, 6.45) is 3.37. The summed E-state index contributed by atoms with van der Waals surface area (Å²) >= 11 is 0. The summed E-state index contributed by atoms with van der Waals surface area (Å²) in [6.45, 7) is 0. The minimum Gasteiger partial charge on any atom is -0.241 e. The van der Waals surface area contributed by atoms with E-state index in [9.17, 15) is 12.3 Å². The fourth-order valence-electron chi connectivity index (χ4n) is 1.45. The Morgan fingerprint density at radius 2 is 1.94 bits per heavy atom. The van der Waals surface area contributed by atoms with E-state index < -0.39 is 16.0 Å². The first kappa shape index (κ1) is 11.8. The Labute approximate surface area is 98.9 Å². The second kappa shape index (κ2) is 4.67. The van der Waals surface area contributed by atoms with Crippen LogP contribution in [0.25, 0.3) is 5.69 Å². The van der Waals surface area contributed by atoms with E-state index in [1.807, 2.05) is 30.3 Å². The molecule has 0 aliphatic carbocycles. The van der Waals surface area contributed by atoms with Crippen molar-refractivity contribution >= 4 is 10.2 Å². The second-order valence-corrected chi connectivity index (χ2v) is 5.11. The van der Waals surface area contributed by atoms with Crippen molar-refractivity contribution in [1.82, 2.24) is 9.78 Å². The van der Waals surface area contributed by atoms with Crippen molar-refractivity contribution in [2.45, 2.75) is 6.42 Å². The molecule has 17 heavy (non-hydrogen) atoms. The maximum Gasteiger partial charge on any atom is 0.302 e. The third kappa shape index (κ3) is 3.39. The smallest absolute Gasteiger partial charge is 0.241 e. The number of rotatable bonds is 4. The van der Waals surface area contributed by atoms with E-state index in [0.29, 0.717) is 5.56 Å². The van der Waals surface area contributed by atoms with Gasteiger partial charge in [0, 0.05) is 6.20 Å². The monoisotopic (exact) mass is 254 g/mol. The van der Waals surface area contributed by atoms with Crippen molar-refractivity contribution in [2.75, 3.05) is 5.75 Å². The van der Waals surface area contributed by atoms with Crippen LogP contribution in [0.15, 0.2) is 42.7 Å². The molecule has 0 spiro atoms. The van der Waals surface area contributed by atoms with Crippen LogP contribution in [-0.2, 0) is 16.6 Å². The summed E-state index contributed by atoms with van der Waals surface area (Å²) in [5.74, 6) is -0.506. The lowest BCUT2D eigenvalue weighted by molar-refractivity contribution is 0.551. The van der Waals surface area contributed by atoms with E-state index >= 15 is 0 Å². The lowest BCUT2D eigenvalue weighted by Gasteiger charge is -1.98. The Morgan fingerprint density at radius 1 is 1.24 bits per heavy atom. The second-order valence-electron chi connectivity index (χ2n) is 3.62. The lowest BCUT2D eigenvalue weighted by Crippen LogP contribution is -2.01. The van der Waals surface area contributed by atoms with E-state index in [1.54, 1.807) is 10.9 Å². The third-order valence-corrected chi connectivity index (χ3v) is 2.98. The predicted octanol–water partition coefficient (Wildman–Crippen LogP) is 1.71. The van der Waals surface area contributed by atoms with Gasteiger partial charge in [-0.3, -0.25) is 0 Å². The number of aromatic nitrogens is 2. The average molecular weight is 254 g/mol. The van der Waals surface area contributed by atoms with E-state index in [4.69, 9.17) is 0 Å². The van der Waals surface area contributed by atoms with Crippen molar-refractivity contribution in [3.8, 4) is 5.69 Å². The van der Waals surface area contributed by atoms with E-state index in [2.05, 4.69) is 5.10 Å². The summed E-state index contributed by atoms with van der Waals surface area (Å²) < 4.78 is 34.7. The van der Waals surface area contributed by atoms with Gasteiger partial charge < -0.3 is 0 Å². The molecule has 0 aliphatic heterocycles. The molecule has 0 unspecified atom stereocenters. The molecule has 4 nitrogen and oxygen atoms in total. The van der Waals surface area contributed by atoms with Gasteiger partial charge in [0.1, 0.15) is 0 Å². The van der Waals surface area contributed by atoms with Gasteiger partial charge in [-0.1, -0.05) is 18.2 Å². The molecule has 0 fully saturated rings. The number of nitrogens with zero attached hydrogens (tertiary/aromatic N) is 2. The van der Waals surface area contributed by atoms with Crippen LogP contribution in [0.3, 0.4) is 0 Å². The van der Waals surface area contributed by atoms with Crippen LogP contribution in [0.2, 0.25) is 0 Å².